The van der Waals surface area contributed by atoms with E-state index < -0.39 is 17.9 Å². The number of rotatable bonds is 8. The lowest BCUT2D eigenvalue weighted by molar-refractivity contribution is -0.134. The second-order valence-corrected chi connectivity index (χ2v) is 7.25. The van der Waals surface area contributed by atoms with Crippen molar-refractivity contribution in [3.63, 3.8) is 0 Å². The first-order valence-corrected chi connectivity index (χ1v) is 10.6. The van der Waals surface area contributed by atoms with E-state index in [1.54, 1.807) is 30.3 Å². The predicted octanol–water partition coefficient (Wildman–Crippen LogP) is 4.52. The second-order valence-electron chi connectivity index (χ2n) is 7.25. The van der Waals surface area contributed by atoms with Gasteiger partial charge in [0.15, 0.2) is 11.5 Å². The van der Waals surface area contributed by atoms with E-state index in [1.165, 1.54) is 80.0 Å². The van der Waals surface area contributed by atoms with E-state index in [9.17, 15) is 24.6 Å². The van der Waals surface area contributed by atoms with Gasteiger partial charge in [0.2, 0.25) is 0 Å². The van der Waals surface area contributed by atoms with Crippen molar-refractivity contribution >= 4 is 36.1 Å². The van der Waals surface area contributed by atoms with Crippen LogP contribution < -0.4 is 9.47 Å². The van der Waals surface area contributed by atoms with Crippen molar-refractivity contribution in [2.24, 2.45) is 0 Å². The highest BCUT2D eigenvalue weighted by Gasteiger charge is 2.13. The van der Waals surface area contributed by atoms with E-state index in [-0.39, 0.29) is 23.0 Å². The number of methoxy groups -OCH3 is 1. The van der Waals surface area contributed by atoms with Crippen molar-refractivity contribution in [1.82, 2.24) is 0 Å². The van der Waals surface area contributed by atoms with E-state index in [0.717, 1.165) is 0 Å². The van der Waals surface area contributed by atoms with Gasteiger partial charge in [0.05, 0.1) is 7.11 Å². The number of benzene rings is 3. The fraction of sp³-hybridized carbons (Fsp3) is 0.0357. The number of carbonyl (C=O) groups excluding carboxylic acids is 3. The molecule has 0 heterocycles. The maximum Gasteiger partial charge on any atom is 0.336 e. The van der Waals surface area contributed by atoms with Crippen LogP contribution in [0, 0.1) is 0 Å². The van der Waals surface area contributed by atoms with Crippen molar-refractivity contribution in [1.29, 1.82) is 0 Å². The molecule has 0 aromatic heterocycles. The molecule has 0 unspecified atom stereocenters. The van der Waals surface area contributed by atoms with Gasteiger partial charge in [0, 0.05) is 18.2 Å². The minimum atomic E-state index is -0.742. The normalized spacial score (nSPS) is 11.1. The van der Waals surface area contributed by atoms with Crippen molar-refractivity contribution < 1.29 is 38.8 Å². The molecule has 3 aromatic carbocycles. The van der Waals surface area contributed by atoms with Gasteiger partial charge in [0.25, 0.3) is 0 Å². The van der Waals surface area contributed by atoms with Crippen LogP contribution in [0.25, 0.3) is 18.2 Å². The first-order chi connectivity index (χ1) is 17.3. The molecular weight excluding hydrogens is 464 g/mol. The summed E-state index contributed by atoms with van der Waals surface area (Å²) in [6.07, 6.45) is 8.01. The van der Waals surface area contributed by atoms with Crippen LogP contribution in [-0.2, 0) is 19.1 Å². The van der Waals surface area contributed by atoms with Crippen LogP contribution in [0.1, 0.15) is 16.7 Å². The molecule has 0 atom stereocenters. The smallest absolute Gasteiger partial charge is 0.336 e. The molecule has 0 amide bonds. The summed E-state index contributed by atoms with van der Waals surface area (Å²) in [5.41, 5.74) is 1.81. The van der Waals surface area contributed by atoms with Crippen LogP contribution in [0.2, 0.25) is 0 Å². The van der Waals surface area contributed by atoms with Gasteiger partial charge in [-0.15, -0.1) is 0 Å². The van der Waals surface area contributed by atoms with Crippen molar-refractivity contribution in [2.75, 3.05) is 7.11 Å². The zero-order valence-electron chi connectivity index (χ0n) is 19.2. The third-order valence-electron chi connectivity index (χ3n) is 4.61. The molecule has 0 saturated heterocycles. The van der Waals surface area contributed by atoms with Crippen molar-refractivity contribution in [3.05, 3.63) is 102 Å². The van der Waals surface area contributed by atoms with Gasteiger partial charge in [-0.2, -0.15) is 0 Å². The van der Waals surface area contributed by atoms with Crippen LogP contribution >= 0.6 is 0 Å². The Kier molecular flexibility index (Phi) is 8.77. The number of ether oxygens (including phenoxy) is 3. The quantitative estimate of drug-likeness (QED) is 0.271. The standard InChI is InChI=1S/C28H22O8/c1-34-26(31)15-9-21-6-14-24(35-27(32)16-7-19-2-10-22(29)11-3-19)25(18-21)36-28(33)17-8-20-4-12-23(30)13-5-20/h2-18,29-30H,1H3/b15-9+,16-7+,17-8+. The Morgan fingerprint density at radius 2 is 1.00 bits per heavy atom. The summed E-state index contributed by atoms with van der Waals surface area (Å²) in [7, 11) is 1.24. The van der Waals surface area contributed by atoms with Crippen molar-refractivity contribution in [2.45, 2.75) is 0 Å². The van der Waals surface area contributed by atoms with Crippen LogP contribution in [0.5, 0.6) is 23.0 Å². The molecule has 0 aliphatic heterocycles. The molecule has 2 N–H and O–H groups in total. The Balaban J connectivity index is 1.79. The van der Waals surface area contributed by atoms with Crippen molar-refractivity contribution in [3.8, 4) is 23.0 Å². The van der Waals surface area contributed by atoms with Gasteiger partial charge in [-0.1, -0.05) is 30.3 Å². The average Bonchev–Trinajstić information content (AvgIpc) is 2.88. The van der Waals surface area contributed by atoms with Gasteiger partial charge in [-0.25, -0.2) is 14.4 Å². The molecular formula is C28H22O8. The minimum Gasteiger partial charge on any atom is -0.508 e. The number of hydrogen-bond donors (Lipinski definition) is 2. The number of phenols is 2. The van der Waals surface area contributed by atoms with Crippen LogP contribution in [0.3, 0.4) is 0 Å². The highest BCUT2D eigenvalue weighted by molar-refractivity contribution is 5.91. The van der Waals surface area contributed by atoms with Gasteiger partial charge in [-0.05, 0) is 71.3 Å². The summed E-state index contributed by atoms with van der Waals surface area (Å²) >= 11 is 0. The Morgan fingerprint density at radius 1 is 0.583 bits per heavy atom. The third-order valence-corrected chi connectivity index (χ3v) is 4.61. The first-order valence-electron chi connectivity index (χ1n) is 10.6. The number of esters is 3. The fourth-order valence-corrected chi connectivity index (χ4v) is 2.81. The van der Waals surface area contributed by atoms with Gasteiger partial charge in [-0.3, -0.25) is 0 Å². The summed E-state index contributed by atoms with van der Waals surface area (Å²) in [5.74, 6) is -1.91. The topological polar surface area (TPSA) is 119 Å². The largest absolute Gasteiger partial charge is 0.508 e. The van der Waals surface area contributed by atoms with E-state index in [4.69, 9.17) is 9.47 Å². The van der Waals surface area contributed by atoms with Gasteiger partial charge < -0.3 is 24.4 Å². The highest BCUT2D eigenvalue weighted by atomic mass is 16.6. The molecule has 0 spiro atoms. The third kappa shape index (κ3) is 8.03. The monoisotopic (exact) mass is 486 g/mol. The Hall–Kier alpha value is -5.11. The molecule has 3 aromatic rings. The zero-order chi connectivity index (χ0) is 25.9. The summed E-state index contributed by atoms with van der Waals surface area (Å²) in [4.78, 5) is 36.2. The SMILES string of the molecule is COC(=O)/C=C/c1ccc(OC(=O)/C=C/c2ccc(O)cc2)c(OC(=O)/C=C/c2ccc(O)cc2)c1. The molecule has 0 aliphatic rings. The van der Waals surface area contributed by atoms with Gasteiger partial charge >= 0.3 is 17.9 Å². The van der Waals surface area contributed by atoms with Crippen LogP contribution in [0.4, 0.5) is 0 Å². The molecule has 0 fully saturated rings. The lowest BCUT2D eigenvalue weighted by atomic mass is 10.2. The molecule has 0 bridgehead atoms. The molecule has 36 heavy (non-hydrogen) atoms. The van der Waals surface area contributed by atoms with Gasteiger partial charge in [0.1, 0.15) is 11.5 Å². The number of carbonyl (C=O) groups is 3. The minimum absolute atomic E-state index is 0.0167. The molecule has 0 aliphatic carbocycles. The zero-order valence-corrected chi connectivity index (χ0v) is 19.2. The average molecular weight is 486 g/mol. The molecule has 182 valence electrons. The summed E-state index contributed by atoms with van der Waals surface area (Å²) in [5, 5.41) is 18.7. The number of phenolic OH excluding ortho intramolecular Hbond substituents is 2. The summed E-state index contributed by atoms with van der Waals surface area (Å²) < 4.78 is 15.3. The fourth-order valence-electron chi connectivity index (χ4n) is 2.81. The lowest BCUT2D eigenvalue weighted by Crippen LogP contribution is -2.09. The maximum absolute atomic E-state index is 12.4. The van der Waals surface area contributed by atoms with Crippen LogP contribution in [0.15, 0.2) is 85.0 Å². The predicted molar refractivity (Wildman–Crippen MR) is 133 cm³/mol. The molecule has 3 rings (SSSR count). The first kappa shape index (κ1) is 25.5. The number of hydrogen-bond acceptors (Lipinski definition) is 8. The highest BCUT2D eigenvalue weighted by Crippen LogP contribution is 2.30. The maximum atomic E-state index is 12.4. The Morgan fingerprint density at radius 3 is 1.50 bits per heavy atom. The van der Waals surface area contributed by atoms with Crippen LogP contribution in [-0.4, -0.2) is 35.2 Å². The van der Waals surface area contributed by atoms with E-state index >= 15 is 0 Å². The Bertz CT molecular complexity index is 1320. The molecule has 8 nitrogen and oxygen atoms in total. The lowest BCUT2D eigenvalue weighted by Gasteiger charge is -2.09. The Labute approximate surface area is 207 Å². The molecule has 8 heteroatoms. The van der Waals surface area contributed by atoms with E-state index in [1.807, 2.05) is 0 Å². The van der Waals surface area contributed by atoms with E-state index in [0.29, 0.717) is 16.7 Å². The van der Waals surface area contributed by atoms with E-state index in [2.05, 4.69) is 4.74 Å². The molecule has 0 saturated carbocycles. The number of aromatic hydroxyl groups is 2. The summed E-state index contributed by atoms with van der Waals surface area (Å²) in [6, 6.07) is 16.8. The summed E-state index contributed by atoms with van der Waals surface area (Å²) in [6.45, 7) is 0. The second kappa shape index (κ2) is 12.4. The molecule has 0 radical (unpaired) electrons.